The molecule has 1 fully saturated rings. The van der Waals surface area contributed by atoms with E-state index in [1.807, 2.05) is 19.2 Å². The molecule has 0 heterocycles. The number of benzene rings is 1. The molecule has 1 aromatic carbocycles. The highest BCUT2D eigenvalue weighted by atomic mass is 16.5. The van der Waals surface area contributed by atoms with Crippen molar-refractivity contribution in [1.82, 2.24) is 10.6 Å². The fraction of sp³-hybridized carbons (Fsp3) is 0.667. The second kappa shape index (κ2) is 9.26. The summed E-state index contributed by atoms with van der Waals surface area (Å²) in [6.45, 7) is 7.04. The van der Waals surface area contributed by atoms with E-state index in [2.05, 4.69) is 41.6 Å². The van der Waals surface area contributed by atoms with Gasteiger partial charge in [0.05, 0.1) is 7.11 Å². The van der Waals surface area contributed by atoms with Gasteiger partial charge in [-0.3, -0.25) is 4.99 Å². The Labute approximate surface area is 158 Å². The van der Waals surface area contributed by atoms with Gasteiger partial charge in [0, 0.05) is 39.3 Å². The third-order valence-electron chi connectivity index (χ3n) is 5.65. The Morgan fingerprint density at radius 2 is 2.00 bits per heavy atom. The number of guanidine groups is 1. The first-order valence-corrected chi connectivity index (χ1v) is 9.53. The first-order chi connectivity index (χ1) is 12.4. The van der Waals surface area contributed by atoms with E-state index in [1.54, 1.807) is 14.2 Å². The van der Waals surface area contributed by atoms with E-state index in [0.29, 0.717) is 5.41 Å². The Balaban J connectivity index is 1.89. The topological polar surface area (TPSA) is 54.9 Å². The first-order valence-electron chi connectivity index (χ1n) is 9.53. The van der Waals surface area contributed by atoms with E-state index in [4.69, 9.17) is 9.47 Å². The standard InChI is InChI=1S/C21H35N3O2/c1-20(2,17-8-6-9-18(14-17)26-5)15-23-19(22-3)24-16-21(10-7-11-21)12-13-25-4/h6,8-9,14H,7,10-13,15-16H2,1-5H3,(H2,22,23,24). The maximum atomic E-state index is 5.36. The Kier molecular flexibility index (Phi) is 7.33. The van der Waals surface area contributed by atoms with Crippen molar-refractivity contribution in [1.29, 1.82) is 0 Å². The summed E-state index contributed by atoms with van der Waals surface area (Å²) in [6.07, 6.45) is 4.98. The van der Waals surface area contributed by atoms with Gasteiger partial charge < -0.3 is 20.1 Å². The normalized spacial score (nSPS) is 16.7. The molecule has 2 N–H and O–H groups in total. The second-order valence-corrected chi connectivity index (χ2v) is 7.99. The van der Waals surface area contributed by atoms with Crippen LogP contribution in [0.4, 0.5) is 0 Å². The van der Waals surface area contributed by atoms with Crippen molar-refractivity contribution < 1.29 is 9.47 Å². The molecule has 146 valence electrons. The number of hydrogen-bond acceptors (Lipinski definition) is 3. The Morgan fingerprint density at radius 1 is 1.23 bits per heavy atom. The zero-order valence-electron chi connectivity index (χ0n) is 17.0. The molecule has 0 atom stereocenters. The van der Waals surface area contributed by atoms with Crippen molar-refractivity contribution in [2.45, 2.75) is 44.9 Å². The van der Waals surface area contributed by atoms with Crippen LogP contribution in [-0.4, -0.2) is 46.9 Å². The monoisotopic (exact) mass is 361 g/mol. The summed E-state index contributed by atoms with van der Waals surface area (Å²) < 4.78 is 10.6. The van der Waals surface area contributed by atoms with Gasteiger partial charge in [-0.1, -0.05) is 32.4 Å². The molecule has 0 saturated heterocycles. The van der Waals surface area contributed by atoms with Crippen molar-refractivity contribution in [3.63, 3.8) is 0 Å². The highest BCUT2D eigenvalue weighted by Gasteiger charge is 2.36. The molecule has 2 rings (SSSR count). The summed E-state index contributed by atoms with van der Waals surface area (Å²) in [7, 11) is 5.31. The second-order valence-electron chi connectivity index (χ2n) is 7.99. The van der Waals surface area contributed by atoms with Crippen molar-refractivity contribution in [2.24, 2.45) is 10.4 Å². The summed E-state index contributed by atoms with van der Waals surface area (Å²) in [5.41, 5.74) is 1.59. The quantitative estimate of drug-likeness (QED) is 0.523. The molecule has 0 bridgehead atoms. The number of aliphatic imine (C=N–C) groups is 1. The van der Waals surface area contributed by atoms with Crippen LogP contribution in [0.15, 0.2) is 29.3 Å². The molecule has 0 radical (unpaired) electrons. The van der Waals surface area contributed by atoms with Gasteiger partial charge in [-0.25, -0.2) is 0 Å². The maximum Gasteiger partial charge on any atom is 0.191 e. The fourth-order valence-electron chi connectivity index (χ4n) is 3.45. The van der Waals surface area contributed by atoms with Crippen LogP contribution in [0, 0.1) is 5.41 Å². The van der Waals surface area contributed by atoms with E-state index < -0.39 is 0 Å². The van der Waals surface area contributed by atoms with E-state index in [1.165, 1.54) is 24.8 Å². The average molecular weight is 362 g/mol. The molecule has 0 spiro atoms. The number of methoxy groups -OCH3 is 2. The summed E-state index contributed by atoms with van der Waals surface area (Å²) in [4.78, 5) is 4.40. The summed E-state index contributed by atoms with van der Waals surface area (Å²) >= 11 is 0. The minimum atomic E-state index is -0.0314. The third-order valence-corrected chi connectivity index (χ3v) is 5.65. The lowest BCUT2D eigenvalue weighted by Crippen LogP contribution is -2.49. The average Bonchev–Trinajstić information content (AvgIpc) is 2.62. The minimum Gasteiger partial charge on any atom is -0.497 e. The van der Waals surface area contributed by atoms with E-state index in [9.17, 15) is 0 Å². The number of rotatable bonds is 9. The van der Waals surface area contributed by atoms with Crippen LogP contribution in [0.5, 0.6) is 5.75 Å². The van der Waals surface area contributed by atoms with Crippen LogP contribution in [0.1, 0.15) is 45.1 Å². The lowest BCUT2D eigenvalue weighted by molar-refractivity contribution is 0.0732. The van der Waals surface area contributed by atoms with Crippen LogP contribution in [0.2, 0.25) is 0 Å². The highest BCUT2D eigenvalue weighted by Crippen LogP contribution is 2.43. The number of hydrogen-bond donors (Lipinski definition) is 2. The predicted molar refractivity (Wildman–Crippen MR) is 108 cm³/mol. The smallest absolute Gasteiger partial charge is 0.191 e. The molecule has 0 aromatic heterocycles. The molecule has 26 heavy (non-hydrogen) atoms. The van der Waals surface area contributed by atoms with Gasteiger partial charge in [0.1, 0.15) is 5.75 Å². The first kappa shape index (κ1) is 20.6. The van der Waals surface area contributed by atoms with Crippen LogP contribution in [0.25, 0.3) is 0 Å². The van der Waals surface area contributed by atoms with Crippen molar-refractivity contribution in [3.05, 3.63) is 29.8 Å². The van der Waals surface area contributed by atoms with Crippen molar-refractivity contribution >= 4 is 5.96 Å². The van der Waals surface area contributed by atoms with Gasteiger partial charge in [-0.2, -0.15) is 0 Å². The van der Waals surface area contributed by atoms with Crippen LogP contribution in [0.3, 0.4) is 0 Å². The van der Waals surface area contributed by atoms with Crippen molar-refractivity contribution in [3.8, 4) is 5.75 Å². The van der Waals surface area contributed by atoms with Crippen molar-refractivity contribution in [2.75, 3.05) is 41.0 Å². The van der Waals surface area contributed by atoms with Gasteiger partial charge in [-0.15, -0.1) is 0 Å². The molecule has 1 saturated carbocycles. The fourth-order valence-corrected chi connectivity index (χ4v) is 3.45. The van der Waals surface area contributed by atoms with Crippen LogP contribution < -0.4 is 15.4 Å². The molecule has 0 unspecified atom stereocenters. The Hall–Kier alpha value is -1.75. The molecule has 1 aliphatic carbocycles. The SMILES string of the molecule is CN=C(NCC1(CCOC)CCC1)NCC(C)(C)c1cccc(OC)c1. The lowest BCUT2D eigenvalue weighted by atomic mass is 9.67. The van der Waals surface area contributed by atoms with Gasteiger partial charge in [-0.05, 0) is 42.4 Å². The van der Waals surface area contributed by atoms with Gasteiger partial charge in [0.15, 0.2) is 5.96 Å². The molecular formula is C21H35N3O2. The summed E-state index contributed by atoms with van der Waals surface area (Å²) in [5, 5.41) is 7.02. The van der Waals surface area contributed by atoms with E-state index in [0.717, 1.165) is 37.8 Å². The zero-order valence-corrected chi connectivity index (χ0v) is 17.0. The summed E-state index contributed by atoms with van der Waals surface area (Å²) in [5.74, 6) is 1.76. The van der Waals surface area contributed by atoms with Gasteiger partial charge in [0.2, 0.25) is 0 Å². The van der Waals surface area contributed by atoms with Crippen LogP contribution >= 0.6 is 0 Å². The van der Waals surface area contributed by atoms with Crippen LogP contribution in [-0.2, 0) is 10.2 Å². The molecular weight excluding hydrogens is 326 g/mol. The molecule has 1 aliphatic rings. The maximum absolute atomic E-state index is 5.36. The third kappa shape index (κ3) is 5.37. The number of nitrogens with zero attached hydrogens (tertiary/aromatic N) is 1. The molecule has 5 heteroatoms. The lowest BCUT2D eigenvalue weighted by Gasteiger charge is -2.42. The molecule has 1 aromatic rings. The zero-order chi connectivity index (χ0) is 19.0. The number of nitrogens with one attached hydrogen (secondary N) is 2. The largest absolute Gasteiger partial charge is 0.497 e. The van der Waals surface area contributed by atoms with Gasteiger partial charge in [0.25, 0.3) is 0 Å². The molecule has 0 aliphatic heterocycles. The predicted octanol–water partition coefficient (Wildman–Crippen LogP) is 3.34. The minimum absolute atomic E-state index is 0.0314. The molecule has 5 nitrogen and oxygen atoms in total. The Morgan fingerprint density at radius 3 is 2.58 bits per heavy atom. The van der Waals surface area contributed by atoms with Gasteiger partial charge >= 0.3 is 0 Å². The molecule has 0 amide bonds. The Bertz CT molecular complexity index is 595. The highest BCUT2D eigenvalue weighted by molar-refractivity contribution is 5.79. The van der Waals surface area contributed by atoms with E-state index in [-0.39, 0.29) is 5.41 Å². The number of ether oxygens (including phenoxy) is 2. The van der Waals surface area contributed by atoms with E-state index >= 15 is 0 Å². The summed E-state index contributed by atoms with van der Waals surface area (Å²) in [6, 6.07) is 8.27.